The van der Waals surface area contributed by atoms with Crippen molar-refractivity contribution in [3.63, 3.8) is 0 Å². The van der Waals surface area contributed by atoms with Crippen LogP contribution in [0.1, 0.15) is 80.1 Å². The molecule has 2 saturated carbocycles. The molecule has 0 heterocycles. The molecule has 0 aromatic rings. The van der Waals surface area contributed by atoms with Crippen molar-refractivity contribution in [2.45, 2.75) is 123 Å². The third-order valence-corrected chi connectivity index (χ3v) is 8.38. The minimum atomic E-state index is -5.79. The van der Waals surface area contributed by atoms with Crippen molar-refractivity contribution in [1.82, 2.24) is 0 Å². The molecule has 2 rings (SSSR count). The maximum Gasteiger partial charge on any atom is 0.434 e. The summed E-state index contributed by atoms with van der Waals surface area (Å²) >= 11 is 0. The molecule has 5 nitrogen and oxygen atoms in total. The third kappa shape index (κ3) is 9.28. The number of rotatable bonds is 8. The molecule has 2 aliphatic carbocycles. The van der Waals surface area contributed by atoms with E-state index in [-0.39, 0.29) is 25.2 Å². The fourth-order valence-electron chi connectivity index (χ4n) is 4.68. The molecular formula is C26H36F12O5. The van der Waals surface area contributed by atoms with Gasteiger partial charge in [-0.25, -0.2) is 0 Å². The number of hydrogen-bond donors (Lipinski definition) is 1. The summed E-state index contributed by atoms with van der Waals surface area (Å²) in [6.07, 6.45) is -27.5. The highest BCUT2D eigenvalue weighted by molar-refractivity contribution is 5.76. The normalized spacial score (nSPS) is 23.6. The van der Waals surface area contributed by atoms with Gasteiger partial charge < -0.3 is 14.6 Å². The predicted octanol–water partition coefficient (Wildman–Crippen LogP) is 8.09. The Bertz CT molecular complexity index is 938. The number of carbonyl (C=O) groups is 2. The van der Waals surface area contributed by atoms with Gasteiger partial charge >= 0.3 is 36.6 Å². The Morgan fingerprint density at radius 1 is 0.698 bits per heavy atom. The molecule has 2 fully saturated rings. The zero-order valence-corrected chi connectivity index (χ0v) is 24.2. The molecule has 4 atom stereocenters. The number of ether oxygens (including phenoxy) is 2. The molecule has 2 aliphatic rings. The smallest absolute Gasteiger partial charge is 0.434 e. The molecule has 1 N–H and O–H groups in total. The van der Waals surface area contributed by atoms with Crippen LogP contribution in [0.2, 0.25) is 0 Å². The number of aliphatic hydroxyl groups is 1. The Kier molecular flexibility index (Phi) is 11.6. The predicted molar refractivity (Wildman–Crippen MR) is 126 cm³/mol. The molecular weight excluding hydrogens is 620 g/mol. The maximum atomic E-state index is 12.9. The van der Waals surface area contributed by atoms with E-state index in [0.29, 0.717) is 12.8 Å². The van der Waals surface area contributed by atoms with Crippen LogP contribution in [0, 0.1) is 28.6 Å². The zero-order chi connectivity index (χ0) is 34.2. The number of esters is 2. The number of fused-ring (bicyclic) bond motifs is 2. The molecule has 0 aromatic heterocycles. The lowest BCUT2D eigenvalue weighted by Gasteiger charge is -2.37. The van der Waals surface area contributed by atoms with E-state index in [4.69, 9.17) is 4.74 Å². The second-order valence-corrected chi connectivity index (χ2v) is 12.3. The fraction of sp³-hybridized carbons (Fsp3) is 0.923. The molecule has 0 aromatic carbocycles. The minimum Gasteiger partial charge on any atom is -0.462 e. The number of carbonyl (C=O) groups excluding carboxylic acids is 2. The van der Waals surface area contributed by atoms with Crippen LogP contribution in [0.3, 0.4) is 0 Å². The van der Waals surface area contributed by atoms with E-state index in [9.17, 15) is 67.4 Å². The average Bonchev–Trinajstić information content (AvgIpc) is 3.39. The quantitative estimate of drug-likeness (QED) is 0.211. The second kappa shape index (κ2) is 12.8. The van der Waals surface area contributed by atoms with Crippen LogP contribution in [-0.2, 0) is 19.1 Å². The average molecular weight is 657 g/mol. The standard InChI is InChI=1S/C17H24F6O3.C9H12F6O2/c1-4-14(2,3)13(24)26-12-7-9-5-10(12)6-11(9)8-15(25,16(18,19)20)17(21,22)23;1-4-7(2,3)6(16)17-5(8(10,11)12)9(13,14)15/h9-12,25H,4-8H2,1-3H3;5H,4H2,1-3H3. The van der Waals surface area contributed by atoms with E-state index in [1.54, 1.807) is 13.8 Å². The van der Waals surface area contributed by atoms with Crippen molar-refractivity contribution in [1.29, 1.82) is 0 Å². The monoisotopic (exact) mass is 656 g/mol. The van der Waals surface area contributed by atoms with Crippen LogP contribution < -0.4 is 0 Å². The topological polar surface area (TPSA) is 72.8 Å². The molecule has 17 heteroatoms. The van der Waals surface area contributed by atoms with Gasteiger partial charge in [0.15, 0.2) is 0 Å². The van der Waals surface area contributed by atoms with Crippen molar-refractivity contribution in [2.75, 3.05) is 0 Å². The van der Waals surface area contributed by atoms with Crippen LogP contribution in [0.25, 0.3) is 0 Å². The molecule has 254 valence electrons. The van der Waals surface area contributed by atoms with Gasteiger partial charge in [-0.3, -0.25) is 9.59 Å². The first-order valence-electron chi connectivity index (χ1n) is 13.4. The van der Waals surface area contributed by atoms with Gasteiger partial charge in [-0.05, 0) is 84.0 Å². The highest BCUT2D eigenvalue weighted by Gasteiger charge is 2.71. The molecule has 43 heavy (non-hydrogen) atoms. The van der Waals surface area contributed by atoms with Gasteiger partial charge in [-0.1, -0.05) is 13.8 Å². The zero-order valence-electron chi connectivity index (χ0n) is 24.2. The van der Waals surface area contributed by atoms with Crippen LogP contribution in [0.4, 0.5) is 52.7 Å². The largest absolute Gasteiger partial charge is 0.462 e. The summed E-state index contributed by atoms with van der Waals surface area (Å²) in [6.45, 7) is 9.14. The van der Waals surface area contributed by atoms with Gasteiger partial charge in [0, 0.05) is 0 Å². The summed E-state index contributed by atoms with van der Waals surface area (Å²) in [6, 6.07) is 0. The van der Waals surface area contributed by atoms with E-state index in [0.717, 1.165) is 0 Å². The van der Waals surface area contributed by atoms with Gasteiger partial charge in [0.25, 0.3) is 11.7 Å². The number of alkyl halides is 12. The number of halogens is 12. The third-order valence-electron chi connectivity index (χ3n) is 8.38. The summed E-state index contributed by atoms with van der Waals surface area (Å²) in [4.78, 5) is 23.3. The lowest BCUT2D eigenvalue weighted by molar-refractivity contribution is -0.373. The van der Waals surface area contributed by atoms with E-state index >= 15 is 0 Å². The van der Waals surface area contributed by atoms with Crippen molar-refractivity contribution in [3.8, 4) is 0 Å². The molecule has 4 unspecified atom stereocenters. The van der Waals surface area contributed by atoms with Gasteiger partial charge in [0.05, 0.1) is 10.8 Å². The molecule has 0 radical (unpaired) electrons. The first kappa shape index (κ1) is 39.1. The summed E-state index contributed by atoms with van der Waals surface area (Å²) < 4.78 is 159. The summed E-state index contributed by atoms with van der Waals surface area (Å²) in [7, 11) is 0. The molecule has 0 aliphatic heterocycles. The van der Waals surface area contributed by atoms with Gasteiger partial charge in [-0.15, -0.1) is 0 Å². The molecule has 2 bridgehead atoms. The Hall–Kier alpha value is -1.94. The highest BCUT2D eigenvalue weighted by Crippen LogP contribution is 2.56. The summed E-state index contributed by atoms with van der Waals surface area (Å²) in [5.41, 5.74) is -6.78. The fourth-order valence-corrected chi connectivity index (χ4v) is 4.68. The summed E-state index contributed by atoms with van der Waals surface area (Å²) in [5, 5.41) is 9.39. The molecule has 0 saturated heterocycles. The SMILES string of the molecule is CCC(C)(C)C(=O)OC(C(F)(F)F)C(F)(F)F.CCC(C)(C)C(=O)OC1CC2CC1CC2CC(O)(C(F)(F)F)C(F)(F)F. The van der Waals surface area contributed by atoms with Crippen molar-refractivity contribution >= 4 is 11.9 Å². The Morgan fingerprint density at radius 3 is 1.44 bits per heavy atom. The first-order valence-corrected chi connectivity index (χ1v) is 13.4. The van der Waals surface area contributed by atoms with Crippen molar-refractivity contribution < 1.29 is 76.9 Å². The minimum absolute atomic E-state index is 0.0638. The Labute approximate surface area is 240 Å². The van der Waals surface area contributed by atoms with Gasteiger partial charge in [-0.2, -0.15) is 52.7 Å². The molecule has 0 amide bonds. The van der Waals surface area contributed by atoms with Gasteiger partial charge in [0.2, 0.25) is 0 Å². The van der Waals surface area contributed by atoms with Crippen molar-refractivity contribution in [2.24, 2.45) is 28.6 Å². The summed E-state index contributed by atoms with van der Waals surface area (Å²) in [5.74, 6) is -3.51. The van der Waals surface area contributed by atoms with E-state index in [1.165, 1.54) is 20.8 Å². The van der Waals surface area contributed by atoms with Gasteiger partial charge in [0.1, 0.15) is 6.10 Å². The van der Waals surface area contributed by atoms with E-state index < -0.39 is 83.5 Å². The van der Waals surface area contributed by atoms with E-state index in [1.807, 2.05) is 6.92 Å². The lowest BCUT2D eigenvalue weighted by Crippen LogP contribution is -2.58. The first-order chi connectivity index (χ1) is 18.9. The van der Waals surface area contributed by atoms with Crippen LogP contribution in [-0.4, -0.2) is 59.6 Å². The van der Waals surface area contributed by atoms with Crippen LogP contribution >= 0.6 is 0 Å². The Balaban J connectivity index is 0.000000474. The Morgan fingerprint density at radius 2 is 1.12 bits per heavy atom. The maximum absolute atomic E-state index is 12.9. The molecule has 0 spiro atoms. The van der Waals surface area contributed by atoms with Crippen LogP contribution in [0.15, 0.2) is 0 Å². The highest BCUT2D eigenvalue weighted by atomic mass is 19.4. The second-order valence-electron chi connectivity index (χ2n) is 12.3. The lowest BCUT2D eigenvalue weighted by atomic mass is 9.78. The van der Waals surface area contributed by atoms with E-state index in [2.05, 4.69) is 4.74 Å². The number of hydrogen-bond acceptors (Lipinski definition) is 5. The van der Waals surface area contributed by atoms with Crippen molar-refractivity contribution in [3.05, 3.63) is 0 Å². The van der Waals surface area contributed by atoms with Crippen LogP contribution in [0.5, 0.6) is 0 Å².